The number of carboxylic acids is 1. The summed E-state index contributed by atoms with van der Waals surface area (Å²) in [7, 11) is 3.41. The summed E-state index contributed by atoms with van der Waals surface area (Å²) in [4.78, 5) is 32.2. The molecule has 0 aromatic carbocycles. The van der Waals surface area contributed by atoms with Crippen molar-refractivity contribution in [2.24, 2.45) is 11.3 Å². The molecule has 0 radical (unpaired) electrons. The van der Waals surface area contributed by atoms with Crippen LogP contribution in [0.5, 0.6) is 0 Å². The van der Waals surface area contributed by atoms with Gasteiger partial charge in [-0.15, -0.1) is 0 Å². The lowest BCUT2D eigenvalue weighted by Crippen LogP contribution is -2.37. The zero-order valence-electron chi connectivity index (χ0n) is 16.4. The summed E-state index contributed by atoms with van der Waals surface area (Å²) in [5, 5.41) is 7.12. The van der Waals surface area contributed by atoms with Crippen LogP contribution in [0.2, 0.25) is 0 Å². The Morgan fingerprint density at radius 2 is 1.97 bits per heavy atom. The molecule has 1 aromatic rings. The third-order valence-electron chi connectivity index (χ3n) is 4.77. The highest BCUT2D eigenvalue weighted by molar-refractivity contribution is 5.76. The Morgan fingerprint density at radius 1 is 1.37 bits per heavy atom. The number of ether oxygens (including phenoxy) is 2. The number of likely N-dealkylation sites (N-methyl/N-ethyl adjacent to an activating group) is 1. The number of hydrogen-bond donors (Lipinski definition) is 1. The van der Waals surface area contributed by atoms with Crippen LogP contribution in [-0.2, 0) is 19.1 Å². The first-order valence-electron chi connectivity index (χ1n) is 8.83. The molecule has 1 amide bonds. The van der Waals surface area contributed by atoms with E-state index in [0.29, 0.717) is 38.2 Å². The molecular formula is C17H22F4N4O5. The van der Waals surface area contributed by atoms with E-state index in [1.807, 2.05) is 4.90 Å². The number of carbonyl (C=O) groups excluding carboxylic acids is 1. The first-order valence-corrected chi connectivity index (χ1v) is 8.83. The fourth-order valence-corrected chi connectivity index (χ4v) is 3.13. The number of carbonyl (C=O) groups is 2. The van der Waals surface area contributed by atoms with Crippen molar-refractivity contribution in [2.75, 3.05) is 58.5 Å². The second-order valence-corrected chi connectivity index (χ2v) is 7.24. The maximum Gasteiger partial charge on any atom is 0.490 e. The van der Waals surface area contributed by atoms with Crippen LogP contribution >= 0.6 is 0 Å². The van der Waals surface area contributed by atoms with Crippen LogP contribution in [0, 0.1) is 17.2 Å². The highest BCUT2D eigenvalue weighted by Crippen LogP contribution is 2.42. The molecule has 3 heterocycles. The van der Waals surface area contributed by atoms with E-state index < -0.39 is 18.0 Å². The maximum atomic E-state index is 13.0. The number of amides is 1. The van der Waals surface area contributed by atoms with Crippen molar-refractivity contribution in [1.29, 1.82) is 0 Å². The standard InChI is InChI=1S/C15H21FN4O3.C2HF3O2/c1-19(2)13(21)7-23-10-15-8-20(5-11(15)6-22-9-15)14-17-3-12(16)4-18-14;3-2(4,5)1(6)7/h3-4,11H,5-10H2,1-2H3;(H,6,7)/t11-,15+;/m1./s1. The second-order valence-electron chi connectivity index (χ2n) is 7.24. The third-order valence-corrected chi connectivity index (χ3v) is 4.77. The number of anilines is 1. The van der Waals surface area contributed by atoms with Crippen LogP contribution in [0.3, 0.4) is 0 Å². The monoisotopic (exact) mass is 438 g/mol. The molecule has 168 valence electrons. The van der Waals surface area contributed by atoms with Crippen molar-refractivity contribution in [3.8, 4) is 0 Å². The molecule has 2 aliphatic heterocycles. The minimum atomic E-state index is -5.08. The van der Waals surface area contributed by atoms with E-state index in [2.05, 4.69) is 9.97 Å². The van der Waals surface area contributed by atoms with Crippen LogP contribution < -0.4 is 4.90 Å². The first kappa shape index (κ1) is 23.7. The van der Waals surface area contributed by atoms with E-state index in [1.54, 1.807) is 14.1 Å². The maximum absolute atomic E-state index is 13.0. The van der Waals surface area contributed by atoms with Crippen molar-refractivity contribution in [2.45, 2.75) is 6.18 Å². The summed E-state index contributed by atoms with van der Waals surface area (Å²) in [6.07, 6.45) is -2.74. The summed E-state index contributed by atoms with van der Waals surface area (Å²) in [6, 6.07) is 0. The minimum Gasteiger partial charge on any atom is -0.475 e. The summed E-state index contributed by atoms with van der Waals surface area (Å²) >= 11 is 0. The van der Waals surface area contributed by atoms with Crippen molar-refractivity contribution in [3.63, 3.8) is 0 Å². The van der Waals surface area contributed by atoms with Crippen LogP contribution in [-0.4, -0.2) is 91.6 Å². The van der Waals surface area contributed by atoms with E-state index in [1.165, 1.54) is 17.3 Å². The van der Waals surface area contributed by atoms with Crippen LogP contribution in [0.4, 0.5) is 23.5 Å². The highest BCUT2D eigenvalue weighted by Gasteiger charge is 2.51. The lowest BCUT2D eigenvalue weighted by molar-refractivity contribution is -0.192. The van der Waals surface area contributed by atoms with Crippen molar-refractivity contribution in [1.82, 2.24) is 14.9 Å². The Balaban J connectivity index is 0.000000396. The van der Waals surface area contributed by atoms with E-state index >= 15 is 0 Å². The van der Waals surface area contributed by atoms with Gasteiger partial charge in [0.25, 0.3) is 0 Å². The van der Waals surface area contributed by atoms with Gasteiger partial charge < -0.3 is 24.4 Å². The minimum absolute atomic E-state index is 0.0615. The molecule has 1 aromatic heterocycles. The summed E-state index contributed by atoms with van der Waals surface area (Å²) in [6.45, 7) is 3.19. The number of carboxylic acid groups (broad SMARTS) is 1. The second kappa shape index (κ2) is 9.51. The van der Waals surface area contributed by atoms with Crippen LogP contribution in [0.25, 0.3) is 0 Å². The number of fused-ring (bicyclic) bond motifs is 1. The van der Waals surface area contributed by atoms with Gasteiger partial charge in [-0.2, -0.15) is 13.2 Å². The summed E-state index contributed by atoms with van der Waals surface area (Å²) in [5.41, 5.74) is -0.162. The van der Waals surface area contributed by atoms with Crippen molar-refractivity contribution in [3.05, 3.63) is 18.2 Å². The zero-order valence-corrected chi connectivity index (χ0v) is 16.4. The van der Waals surface area contributed by atoms with Gasteiger partial charge in [0.2, 0.25) is 11.9 Å². The lowest BCUT2D eigenvalue weighted by Gasteiger charge is -2.27. The van der Waals surface area contributed by atoms with Crippen LogP contribution in [0.15, 0.2) is 12.4 Å². The fourth-order valence-electron chi connectivity index (χ4n) is 3.13. The van der Waals surface area contributed by atoms with Gasteiger partial charge >= 0.3 is 12.1 Å². The molecule has 0 aliphatic carbocycles. The molecule has 2 aliphatic rings. The predicted molar refractivity (Wildman–Crippen MR) is 94.1 cm³/mol. The van der Waals surface area contributed by atoms with Gasteiger partial charge in [0.15, 0.2) is 5.82 Å². The smallest absolute Gasteiger partial charge is 0.475 e. The molecule has 1 N–H and O–H groups in total. The Labute approximate surface area is 169 Å². The molecule has 0 saturated carbocycles. The number of alkyl halides is 3. The first-order chi connectivity index (χ1) is 13.9. The molecule has 0 spiro atoms. The number of rotatable bonds is 5. The Kier molecular flexibility index (Phi) is 7.53. The quantitative estimate of drug-likeness (QED) is 0.674. The predicted octanol–water partition coefficient (Wildman–Crippen LogP) is 0.807. The van der Waals surface area contributed by atoms with Gasteiger partial charge in [0.05, 0.1) is 32.2 Å². The fraction of sp³-hybridized carbons (Fsp3) is 0.647. The Morgan fingerprint density at radius 3 is 2.50 bits per heavy atom. The normalized spacial score (nSPS) is 22.9. The molecule has 13 heteroatoms. The van der Waals surface area contributed by atoms with Gasteiger partial charge in [0, 0.05) is 38.5 Å². The topological polar surface area (TPSA) is 105 Å². The van der Waals surface area contributed by atoms with E-state index in [0.717, 1.165) is 6.54 Å². The molecule has 2 fully saturated rings. The third kappa shape index (κ3) is 5.98. The molecule has 3 rings (SSSR count). The van der Waals surface area contributed by atoms with Gasteiger partial charge in [-0.3, -0.25) is 4.79 Å². The van der Waals surface area contributed by atoms with E-state index in [9.17, 15) is 22.4 Å². The highest BCUT2D eigenvalue weighted by atomic mass is 19.4. The van der Waals surface area contributed by atoms with E-state index in [-0.39, 0.29) is 17.9 Å². The molecule has 2 saturated heterocycles. The number of aliphatic carboxylic acids is 1. The molecule has 30 heavy (non-hydrogen) atoms. The van der Waals surface area contributed by atoms with E-state index in [4.69, 9.17) is 19.4 Å². The van der Waals surface area contributed by atoms with Gasteiger partial charge in [0.1, 0.15) is 6.61 Å². The van der Waals surface area contributed by atoms with Gasteiger partial charge in [-0.25, -0.2) is 19.2 Å². The number of aromatic nitrogens is 2. The van der Waals surface area contributed by atoms with Gasteiger partial charge in [-0.1, -0.05) is 0 Å². The number of hydrogen-bond acceptors (Lipinski definition) is 7. The molecule has 9 nitrogen and oxygen atoms in total. The summed E-state index contributed by atoms with van der Waals surface area (Å²) < 4.78 is 56.0. The Hall–Kier alpha value is -2.54. The Bertz CT molecular complexity index is 747. The molecule has 2 atom stereocenters. The SMILES string of the molecule is CN(C)C(=O)COC[C@]12COC[C@H]1CN(c1ncc(F)cn1)C2.O=C(O)C(F)(F)F. The number of nitrogens with zero attached hydrogens (tertiary/aromatic N) is 4. The number of halogens is 4. The zero-order chi connectivity index (χ0) is 22.5. The van der Waals surface area contributed by atoms with Crippen molar-refractivity contribution < 1.29 is 41.7 Å². The average molecular weight is 438 g/mol. The lowest BCUT2D eigenvalue weighted by atomic mass is 9.82. The van der Waals surface area contributed by atoms with Gasteiger partial charge in [-0.05, 0) is 0 Å². The molecule has 0 unspecified atom stereocenters. The summed E-state index contributed by atoms with van der Waals surface area (Å²) in [5.74, 6) is -2.45. The molecular weight excluding hydrogens is 416 g/mol. The average Bonchev–Trinajstić information content (AvgIpc) is 3.19. The van der Waals surface area contributed by atoms with Crippen LogP contribution in [0.1, 0.15) is 0 Å². The van der Waals surface area contributed by atoms with Crippen molar-refractivity contribution >= 4 is 17.8 Å². The largest absolute Gasteiger partial charge is 0.490 e. The molecule has 0 bridgehead atoms.